The van der Waals surface area contributed by atoms with E-state index in [0.29, 0.717) is 6.10 Å². The molecular formula is C16H29NO. The van der Waals surface area contributed by atoms with E-state index < -0.39 is 0 Å². The highest BCUT2D eigenvalue weighted by Gasteiger charge is 2.41. The van der Waals surface area contributed by atoms with E-state index in [1.54, 1.807) is 0 Å². The number of nitrogens with zero attached hydrogens (tertiary/aromatic N) is 1. The van der Waals surface area contributed by atoms with Gasteiger partial charge in [0.2, 0.25) is 0 Å². The lowest BCUT2D eigenvalue weighted by Gasteiger charge is -2.42. The van der Waals surface area contributed by atoms with Crippen molar-refractivity contribution in [1.29, 1.82) is 0 Å². The lowest BCUT2D eigenvalue weighted by Crippen LogP contribution is -2.47. The van der Waals surface area contributed by atoms with Crippen LogP contribution in [0.2, 0.25) is 0 Å². The van der Waals surface area contributed by atoms with Crippen LogP contribution in [0, 0.1) is 17.8 Å². The van der Waals surface area contributed by atoms with Crippen molar-refractivity contribution in [3.8, 4) is 0 Å². The monoisotopic (exact) mass is 251 g/mol. The second-order valence-corrected chi connectivity index (χ2v) is 6.83. The van der Waals surface area contributed by atoms with Gasteiger partial charge >= 0.3 is 0 Å². The molecule has 0 radical (unpaired) electrons. The van der Waals surface area contributed by atoms with Crippen LogP contribution >= 0.6 is 0 Å². The van der Waals surface area contributed by atoms with Gasteiger partial charge in [0.25, 0.3) is 0 Å². The zero-order chi connectivity index (χ0) is 12.5. The van der Waals surface area contributed by atoms with Crippen LogP contribution in [0.15, 0.2) is 0 Å². The number of hydrogen-bond acceptors (Lipinski definition) is 2. The number of rotatable bonds is 1. The van der Waals surface area contributed by atoms with Crippen molar-refractivity contribution < 1.29 is 4.74 Å². The van der Waals surface area contributed by atoms with Gasteiger partial charge in [-0.1, -0.05) is 33.1 Å². The average molecular weight is 251 g/mol. The summed E-state index contributed by atoms with van der Waals surface area (Å²) < 4.78 is 6.27. The van der Waals surface area contributed by atoms with Gasteiger partial charge < -0.3 is 4.74 Å². The van der Waals surface area contributed by atoms with Gasteiger partial charge in [-0.05, 0) is 43.4 Å². The van der Waals surface area contributed by atoms with Crippen molar-refractivity contribution in [1.82, 2.24) is 4.90 Å². The molecule has 5 atom stereocenters. The van der Waals surface area contributed by atoms with Crippen LogP contribution in [0.3, 0.4) is 0 Å². The number of piperidine rings is 1. The zero-order valence-corrected chi connectivity index (χ0v) is 12.1. The Hall–Kier alpha value is -0.0800. The molecule has 1 aliphatic carbocycles. The number of ether oxygens (including phenoxy) is 1. The van der Waals surface area contributed by atoms with Crippen LogP contribution in [-0.4, -0.2) is 30.3 Å². The predicted molar refractivity (Wildman–Crippen MR) is 74.4 cm³/mol. The second kappa shape index (κ2) is 5.50. The molecular weight excluding hydrogens is 222 g/mol. The summed E-state index contributed by atoms with van der Waals surface area (Å²) in [6.45, 7) is 7.03. The van der Waals surface area contributed by atoms with Gasteiger partial charge in [0.1, 0.15) is 0 Å². The Morgan fingerprint density at radius 3 is 2.78 bits per heavy atom. The molecule has 2 nitrogen and oxygen atoms in total. The summed E-state index contributed by atoms with van der Waals surface area (Å²) in [6, 6.07) is 0.806. The van der Waals surface area contributed by atoms with E-state index in [4.69, 9.17) is 4.74 Å². The summed E-state index contributed by atoms with van der Waals surface area (Å²) in [4.78, 5) is 2.67. The van der Waals surface area contributed by atoms with Crippen LogP contribution in [0.25, 0.3) is 0 Å². The molecule has 0 aromatic heterocycles. The van der Waals surface area contributed by atoms with Gasteiger partial charge in [-0.2, -0.15) is 0 Å². The Balaban J connectivity index is 1.73. The quantitative estimate of drug-likeness (QED) is 0.705. The Bertz CT molecular complexity index is 280. The molecule has 18 heavy (non-hydrogen) atoms. The first-order valence-electron chi connectivity index (χ1n) is 8.15. The fourth-order valence-electron chi connectivity index (χ4n) is 4.64. The first-order valence-corrected chi connectivity index (χ1v) is 8.15. The van der Waals surface area contributed by atoms with Gasteiger partial charge in [-0.15, -0.1) is 0 Å². The maximum atomic E-state index is 6.27. The minimum atomic E-state index is 0.569. The molecule has 104 valence electrons. The van der Waals surface area contributed by atoms with Crippen LogP contribution < -0.4 is 0 Å². The lowest BCUT2D eigenvalue weighted by atomic mass is 9.73. The first-order chi connectivity index (χ1) is 8.79. The summed E-state index contributed by atoms with van der Waals surface area (Å²) in [5.41, 5.74) is 0. The molecule has 0 unspecified atom stereocenters. The summed E-state index contributed by atoms with van der Waals surface area (Å²) >= 11 is 0. The SMILES string of the molecule is CC[C@H]1CC[C@H]2[C@@H](C)[C@H]3CCCC[C@@H]3OCN2C1. The molecule has 0 aromatic rings. The molecule has 1 saturated carbocycles. The van der Waals surface area contributed by atoms with Crippen LogP contribution in [0.5, 0.6) is 0 Å². The van der Waals surface area contributed by atoms with Crippen molar-refractivity contribution in [3.05, 3.63) is 0 Å². The molecule has 0 spiro atoms. The fraction of sp³-hybridized carbons (Fsp3) is 1.00. The van der Waals surface area contributed by atoms with E-state index >= 15 is 0 Å². The molecule has 3 aliphatic rings. The summed E-state index contributed by atoms with van der Waals surface area (Å²) in [6.07, 6.45) is 10.3. The molecule has 0 aromatic carbocycles. The van der Waals surface area contributed by atoms with Crippen molar-refractivity contribution in [2.45, 2.75) is 70.9 Å². The summed E-state index contributed by atoms with van der Waals surface area (Å²) in [5, 5.41) is 0. The molecule has 3 fully saturated rings. The van der Waals surface area contributed by atoms with Gasteiger partial charge in [-0.3, -0.25) is 4.90 Å². The topological polar surface area (TPSA) is 12.5 Å². The molecule has 2 saturated heterocycles. The first kappa shape index (κ1) is 12.9. The Morgan fingerprint density at radius 1 is 1.11 bits per heavy atom. The third-order valence-corrected chi connectivity index (χ3v) is 5.90. The van der Waals surface area contributed by atoms with E-state index in [2.05, 4.69) is 18.7 Å². The van der Waals surface area contributed by atoms with Crippen molar-refractivity contribution in [2.75, 3.05) is 13.3 Å². The van der Waals surface area contributed by atoms with Crippen LogP contribution in [0.4, 0.5) is 0 Å². The lowest BCUT2D eigenvalue weighted by molar-refractivity contribution is -0.0526. The normalized spacial score (nSPS) is 46.0. The standard InChI is InChI=1S/C16H29NO/c1-3-13-8-9-15-12(2)14-6-4-5-7-16(14)18-11-17(15)10-13/h12-16H,3-11H2,1-2H3/t12-,13-,14+,15-,16-/m0/s1. The fourth-order valence-corrected chi connectivity index (χ4v) is 4.64. The largest absolute Gasteiger partial charge is 0.363 e. The number of hydrogen-bond donors (Lipinski definition) is 0. The van der Waals surface area contributed by atoms with E-state index in [-0.39, 0.29) is 0 Å². The van der Waals surface area contributed by atoms with Gasteiger partial charge in [0, 0.05) is 12.6 Å². The maximum Gasteiger partial charge on any atom is 0.0996 e. The third-order valence-electron chi connectivity index (χ3n) is 5.90. The van der Waals surface area contributed by atoms with Crippen molar-refractivity contribution >= 4 is 0 Å². The summed E-state index contributed by atoms with van der Waals surface area (Å²) in [5.74, 6) is 2.60. The van der Waals surface area contributed by atoms with E-state index in [0.717, 1.165) is 30.5 Å². The Labute approximate surface area is 112 Å². The molecule has 0 amide bonds. The molecule has 0 bridgehead atoms. The minimum Gasteiger partial charge on any atom is -0.363 e. The second-order valence-electron chi connectivity index (χ2n) is 6.83. The highest BCUT2D eigenvalue weighted by molar-refractivity contribution is 4.92. The minimum absolute atomic E-state index is 0.569. The maximum absolute atomic E-state index is 6.27. The molecule has 2 heteroatoms. The molecule has 2 aliphatic heterocycles. The average Bonchev–Trinajstić information content (AvgIpc) is 2.57. The van der Waals surface area contributed by atoms with Gasteiger partial charge in [-0.25, -0.2) is 0 Å². The third kappa shape index (κ3) is 2.34. The predicted octanol–water partition coefficient (Wildman–Crippen LogP) is 3.66. The van der Waals surface area contributed by atoms with E-state index in [1.807, 2.05) is 0 Å². The molecule has 3 rings (SSSR count). The van der Waals surface area contributed by atoms with E-state index in [1.165, 1.54) is 51.5 Å². The van der Waals surface area contributed by atoms with E-state index in [9.17, 15) is 0 Å². The van der Waals surface area contributed by atoms with Crippen molar-refractivity contribution in [3.63, 3.8) is 0 Å². The highest BCUT2D eigenvalue weighted by atomic mass is 16.5. The number of fused-ring (bicyclic) bond motifs is 2. The molecule has 0 N–H and O–H groups in total. The Morgan fingerprint density at radius 2 is 1.94 bits per heavy atom. The Kier molecular flexibility index (Phi) is 3.95. The highest BCUT2D eigenvalue weighted by Crippen LogP contribution is 2.41. The molecule has 2 heterocycles. The van der Waals surface area contributed by atoms with Gasteiger partial charge in [0.05, 0.1) is 12.8 Å². The zero-order valence-electron chi connectivity index (χ0n) is 12.1. The summed E-state index contributed by atoms with van der Waals surface area (Å²) in [7, 11) is 0. The van der Waals surface area contributed by atoms with Crippen LogP contribution in [-0.2, 0) is 4.74 Å². The van der Waals surface area contributed by atoms with Crippen molar-refractivity contribution in [2.24, 2.45) is 17.8 Å². The smallest absolute Gasteiger partial charge is 0.0996 e. The van der Waals surface area contributed by atoms with Gasteiger partial charge in [0.15, 0.2) is 0 Å². The van der Waals surface area contributed by atoms with Crippen LogP contribution in [0.1, 0.15) is 58.8 Å².